The highest BCUT2D eigenvalue weighted by atomic mass is 79.9. The molecule has 1 amide bonds. The standard InChI is InChI=1S/C18H14BrF3N4O2S/c1-26-10-23-25-17(26)29-9-16(27)24-14-8-11(18(20,21)22)2-7-15(14)28-13-5-3-12(19)4-6-13/h2-8,10H,9H2,1H3,(H,24,27). The normalized spacial score (nSPS) is 11.3. The SMILES string of the molecule is Cn1cnnc1SCC(=O)Nc1cc(C(F)(F)F)ccc1Oc1ccc(Br)cc1. The van der Waals surface area contributed by atoms with E-state index in [4.69, 9.17) is 4.74 Å². The Morgan fingerprint density at radius 1 is 1.24 bits per heavy atom. The van der Waals surface area contributed by atoms with Crippen LogP contribution in [0.25, 0.3) is 0 Å². The van der Waals surface area contributed by atoms with Gasteiger partial charge >= 0.3 is 6.18 Å². The van der Waals surface area contributed by atoms with E-state index < -0.39 is 17.6 Å². The molecule has 0 saturated carbocycles. The van der Waals surface area contributed by atoms with Crippen molar-refractivity contribution in [3.05, 3.63) is 58.8 Å². The van der Waals surface area contributed by atoms with Crippen molar-refractivity contribution in [2.24, 2.45) is 7.05 Å². The van der Waals surface area contributed by atoms with Crippen LogP contribution >= 0.6 is 27.7 Å². The summed E-state index contributed by atoms with van der Waals surface area (Å²) >= 11 is 4.41. The number of aromatic nitrogens is 3. The first kappa shape index (κ1) is 21.2. The molecule has 1 N–H and O–H groups in total. The van der Waals surface area contributed by atoms with E-state index in [1.807, 2.05) is 0 Å². The van der Waals surface area contributed by atoms with Gasteiger partial charge in [-0.05, 0) is 42.5 Å². The van der Waals surface area contributed by atoms with E-state index in [-0.39, 0.29) is 17.2 Å². The molecule has 0 saturated heterocycles. The van der Waals surface area contributed by atoms with Crippen LogP contribution in [0.5, 0.6) is 11.5 Å². The van der Waals surface area contributed by atoms with Gasteiger partial charge in [0.05, 0.1) is 17.0 Å². The van der Waals surface area contributed by atoms with Crippen molar-refractivity contribution < 1.29 is 22.7 Å². The van der Waals surface area contributed by atoms with Gasteiger partial charge in [0.15, 0.2) is 10.9 Å². The number of hydrogen-bond acceptors (Lipinski definition) is 5. The van der Waals surface area contributed by atoms with Gasteiger partial charge < -0.3 is 14.6 Å². The molecular formula is C18H14BrF3N4O2S. The monoisotopic (exact) mass is 486 g/mol. The molecule has 0 bridgehead atoms. The van der Waals surface area contributed by atoms with Gasteiger partial charge in [0.25, 0.3) is 0 Å². The van der Waals surface area contributed by atoms with Crippen molar-refractivity contribution in [2.45, 2.75) is 11.3 Å². The first-order valence-corrected chi connectivity index (χ1v) is 9.91. The Morgan fingerprint density at radius 3 is 2.59 bits per heavy atom. The third kappa shape index (κ3) is 5.73. The summed E-state index contributed by atoms with van der Waals surface area (Å²) < 4.78 is 47.4. The molecule has 0 aliphatic rings. The van der Waals surface area contributed by atoms with Gasteiger partial charge in [-0.2, -0.15) is 13.2 Å². The molecule has 6 nitrogen and oxygen atoms in total. The van der Waals surface area contributed by atoms with Gasteiger partial charge in [-0.1, -0.05) is 27.7 Å². The van der Waals surface area contributed by atoms with Crippen LogP contribution in [0.15, 0.2) is 58.4 Å². The third-order valence-electron chi connectivity index (χ3n) is 3.62. The molecule has 2 aromatic carbocycles. The van der Waals surface area contributed by atoms with Gasteiger partial charge in [0, 0.05) is 11.5 Å². The van der Waals surface area contributed by atoms with Crippen LogP contribution in [-0.2, 0) is 18.0 Å². The minimum absolute atomic E-state index is 0.0551. The third-order valence-corrected chi connectivity index (χ3v) is 5.19. The van der Waals surface area contributed by atoms with Gasteiger partial charge in [-0.25, -0.2) is 0 Å². The summed E-state index contributed by atoms with van der Waals surface area (Å²) in [4.78, 5) is 12.3. The maximum absolute atomic E-state index is 13.1. The Bertz CT molecular complexity index is 1010. The highest BCUT2D eigenvalue weighted by Gasteiger charge is 2.31. The second kappa shape index (κ2) is 8.87. The Labute approximate surface area is 176 Å². The highest BCUT2D eigenvalue weighted by Crippen LogP contribution is 2.37. The van der Waals surface area contributed by atoms with Crippen molar-refractivity contribution in [1.82, 2.24) is 14.8 Å². The average Bonchev–Trinajstić information content (AvgIpc) is 3.07. The number of amides is 1. The number of ether oxygens (including phenoxy) is 1. The molecule has 29 heavy (non-hydrogen) atoms. The molecule has 0 aliphatic carbocycles. The van der Waals surface area contributed by atoms with Crippen LogP contribution in [0.4, 0.5) is 18.9 Å². The van der Waals surface area contributed by atoms with E-state index >= 15 is 0 Å². The van der Waals surface area contributed by atoms with Crippen molar-refractivity contribution >= 4 is 39.3 Å². The average molecular weight is 487 g/mol. The molecular weight excluding hydrogens is 473 g/mol. The number of rotatable bonds is 6. The zero-order valence-corrected chi connectivity index (χ0v) is 17.3. The number of benzene rings is 2. The van der Waals surface area contributed by atoms with Crippen LogP contribution in [0.3, 0.4) is 0 Å². The summed E-state index contributed by atoms with van der Waals surface area (Å²) in [6.07, 6.45) is -3.07. The van der Waals surface area contributed by atoms with Crippen LogP contribution < -0.4 is 10.1 Å². The molecule has 3 aromatic rings. The Kier molecular flexibility index (Phi) is 6.48. The van der Waals surface area contributed by atoms with Crippen LogP contribution in [0.2, 0.25) is 0 Å². The molecule has 1 heterocycles. The van der Waals surface area contributed by atoms with Crippen molar-refractivity contribution in [2.75, 3.05) is 11.1 Å². The van der Waals surface area contributed by atoms with Crippen LogP contribution in [-0.4, -0.2) is 26.4 Å². The second-order valence-electron chi connectivity index (χ2n) is 5.83. The number of alkyl halides is 3. The van der Waals surface area contributed by atoms with E-state index in [1.54, 1.807) is 35.9 Å². The summed E-state index contributed by atoms with van der Waals surface area (Å²) in [6, 6.07) is 9.69. The van der Waals surface area contributed by atoms with Gasteiger partial charge in [-0.15, -0.1) is 10.2 Å². The number of carbonyl (C=O) groups excluding carboxylic acids is 1. The Balaban J connectivity index is 1.80. The van der Waals surface area contributed by atoms with Gasteiger partial charge in [0.2, 0.25) is 5.91 Å². The minimum Gasteiger partial charge on any atom is -0.455 e. The topological polar surface area (TPSA) is 69.0 Å². The zero-order valence-electron chi connectivity index (χ0n) is 14.9. The number of hydrogen-bond donors (Lipinski definition) is 1. The Morgan fingerprint density at radius 2 is 1.97 bits per heavy atom. The molecule has 0 spiro atoms. The highest BCUT2D eigenvalue weighted by molar-refractivity contribution is 9.10. The summed E-state index contributed by atoms with van der Waals surface area (Å²) in [5, 5.41) is 10.5. The fraction of sp³-hybridized carbons (Fsp3) is 0.167. The second-order valence-corrected chi connectivity index (χ2v) is 7.68. The van der Waals surface area contributed by atoms with Crippen molar-refractivity contribution in [3.63, 3.8) is 0 Å². The summed E-state index contributed by atoms with van der Waals surface area (Å²) in [5.41, 5.74) is -0.969. The number of nitrogens with one attached hydrogen (secondary N) is 1. The smallest absolute Gasteiger partial charge is 0.416 e. The summed E-state index contributed by atoms with van der Waals surface area (Å²) in [7, 11) is 1.72. The molecule has 3 rings (SSSR count). The first-order valence-electron chi connectivity index (χ1n) is 8.13. The van der Waals surface area contributed by atoms with E-state index in [1.165, 1.54) is 12.4 Å². The predicted molar refractivity (Wildman–Crippen MR) is 106 cm³/mol. The molecule has 1 aromatic heterocycles. The molecule has 0 aliphatic heterocycles. The lowest BCUT2D eigenvalue weighted by atomic mass is 10.1. The van der Waals surface area contributed by atoms with E-state index in [0.717, 1.165) is 28.4 Å². The zero-order chi connectivity index (χ0) is 21.0. The fourth-order valence-corrected chi connectivity index (χ4v) is 3.19. The quantitative estimate of drug-likeness (QED) is 0.489. The van der Waals surface area contributed by atoms with E-state index in [0.29, 0.717) is 10.9 Å². The lowest BCUT2D eigenvalue weighted by Crippen LogP contribution is -2.16. The summed E-state index contributed by atoms with van der Waals surface area (Å²) in [5.74, 6) is -0.0484. The fourth-order valence-electron chi connectivity index (χ4n) is 2.24. The maximum atomic E-state index is 13.1. The van der Waals surface area contributed by atoms with Crippen LogP contribution in [0.1, 0.15) is 5.56 Å². The number of anilines is 1. The van der Waals surface area contributed by atoms with E-state index in [2.05, 4.69) is 31.4 Å². The number of halogens is 4. The molecule has 0 atom stereocenters. The number of nitrogens with zero attached hydrogens (tertiary/aromatic N) is 3. The molecule has 152 valence electrons. The largest absolute Gasteiger partial charge is 0.455 e. The number of thioether (sulfide) groups is 1. The van der Waals surface area contributed by atoms with E-state index in [9.17, 15) is 18.0 Å². The summed E-state index contributed by atoms with van der Waals surface area (Å²) in [6.45, 7) is 0. The lowest BCUT2D eigenvalue weighted by molar-refractivity contribution is -0.137. The van der Waals surface area contributed by atoms with Crippen LogP contribution in [0, 0.1) is 0 Å². The number of carbonyl (C=O) groups is 1. The predicted octanol–water partition coefficient (Wildman–Crippen LogP) is 5.12. The van der Waals surface area contributed by atoms with Gasteiger partial charge in [0.1, 0.15) is 12.1 Å². The molecule has 0 fully saturated rings. The molecule has 11 heteroatoms. The van der Waals surface area contributed by atoms with Crippen molar-refractivity contribution in [1.29, 1.82) is 0 Å². The Hall–Kier alpha value is -2.53. The van der Waals surface area contributed by atoms with Gasteiger partial charge in [-0.3, -0.25) is 4.79 Å². The van der Waals surface area contributed by atoms with Crippen molar-refractivity contribution in [3.8, 4) is 11.5 Å². The molecule has 0 radical (unpaired) electrons. The lowest BCUT2D eigenvalue weighted by Gasteiger charge is -2.15. The first-order chi connectivity index (χ1) is 13.7. The minimum atomic E-state index is -4.55. The maximum Gasteiger partial charge on any atom is 0.416 e. The number of aryl methyl sites for hydroxylation is 1. The molecule has 0 unspecified atom stereocenters.